The Hall–Kier alpha value is -1.85. The fraction of sp³-hybridized carbons (Fsp3) is 0. The largest absolute Gasteiger partial charge is 0.507 e. The number of pyridine rings is 1. The van der Waals surface area contributed by atoms with E-state index in [0.29, 0.717) is 5.75 Å². The van der Waals surface area contributed by atoms with Gasteiger partial charge in [0.1, 0.15) is 5.75 Å². The van der Waals surface area contributed by atoms with E-state index in [2.05, 4.69) is 4.98 Å². The van der Waals surface area contributed by atoms with Crippen molar-refractivity contribution in [3.05, 3.63) is 39.8 Å². The fourth-order valence-corrected chi connectivity index (χ4v) is 0.378. The van der Waals surface area contributed by atoms with Crippen LogP contribution in [-0.2, 0) is 0 Å². The molecule has 0 fully saturated rings. The maximum atomic E-state index is 8.61. The van der Waals surface area contributed by atoms with Crippen LogP contribution in [-0.4, -0.2) is 10.2 Å². The van der Waals surface area contributed by atoms with E-state index in [-0.39, 0.29) is 0 Å². The maximum Gasteiger partial charge on any atom is 0.170 e. The highest BCUT2D eigenvalue weighted by atomic mass is 16.9. The lowest BCUT2D eigenvalue weighted by atomic mass is 10.5. The summed E-state index contributed by atoms with van der Waals surface area (Å²) in [5.74, 6) is 0.291. The van der Waals surface area contributed by atoms with Gasteiger partial charge in [0, 0.05) is 12.1 Å². The zero-order chi connectivity index (χ0) is 8.69. The van der Waals surface area contributed by atoms with Crippen LogP contribution in [0.15, 0.2) is 24.5 Å². The molecule has 0 aliphatic heterocycles. The highest BCUT2D eigenvalue weighted by Crippen LogP contribution is 1.98. The van der Waals surface area contributed by atoms with E-state index in [1.807, 2.05) is 0 Å². The molecule has 1 rings (SSSR count). The molecule has 0 saturated carbocycles. The molecule has 2 N–H and O–H groups in total. The molecule has 6 nitrogen and oxygen atoms in total. The molecule has 1 heterocycles. The summed E-state index contributed by atoms with van der Waals surface area (Å²) in [4.78, 5) is 11.0. The summed E-state index contributed by atoms with van der Waals surface area (Å²) in [7, 11) is 0. The normalized spacial score (nSPS) is 7.64. The Morgan fingerprint density at radius 3 is 1.91 bits per heavy atom. The topological polar surface area (TPSA) is 101 Å². The second kappa shape index (κ2) is 4.98. The van der Waals surface area contributed by atoms with Crippen LogP contribution in [0.25, 0.3) is 0 Å². The minimum Gasteiger partial charge on any atom is -0.507 e. The molecule has 0 unspecified atom stereocenters. The first-order chi connectivity index (χ1) is 5.13. The lowest BCUT2D eigenvalue weighted by Gasteiger charge is -1.77. The molecule has 0 bridgehead atoms. The van der Waals surface area contributed by atoms with E-state index >= 15 is 0 Å². The van der Waals surface area contributed by atoms with E-state index in [1.54, 1.807) is 24.5 Å². The third-order valence-corrected chi connectivity index (χ3v) is 0.701. The van der Waals surface area contributed by atoms with E-state index in [9.17, 15) is 0 Å². The Balaban J connectivity index is 0.000000218. The van der Waals surface area contributed by atoms with Crippen LogP contribution in [0, 0.1) is 15.3 Å². The van der Waals surface area contributed by atoms with Gasteiger partial charge in [-0.2, -0.15) is 0 Å². The van der Waals surface area contributed by atoms with Crippen molar-refractivity contribution in [1.82, 2.24) is 0 Å². The first kappa shape index (κ1) is 9.15. The Morgan fingerprint density at radius 2 is 1.73 bits per heavy atom. The number of hydrogen-bond donors (Lipinski definition) is 1. The summed E-state index contributed by atoms with van der Waals surface area (Å²) in [6.07, 6.45) is 3.32. The molecule has 0 aliphatic carbocycles. The van der Waals surface area contributed by atoms with Gasteiger partial charge < -0.3 is 20.4 Å². The van der Waals surface area contributed by atoms with Crippen LogP contribution < -0.4 is 4.98 Å². The molecular formula is C5H6N2O4. The number of hydrogen-bond acceptors (Lipinski definition) is 4. The van der Waals surface area contributed by atoms with Crippen LogP contribution in [0.3, 0.4) is 0 Å². The van der Waals surface area contributed by atoms with Gasteiger partial charge in [0.2, 0.25) is 0 Å². The van der Waals surface area contributed by atoms with Crippen molar-refractivity contribution in [1.29, 1.82) is 0 Å². The number of nitrogens with one attached hydrogen (secondary N) is 1. The van der Waals surface area contributed by atoms with Crippen LogP contribution in [0.1, 0.15) is 0 Å². The summed E-state index contributed by atoms with van der Waals surface area (Å²) in [5.41, 5.74) is 0. The number of aromatic hydroxyl groups is 1. The van der Waals surface area contributed by atoms with Gasteiger partial charge in [0.15, 0.2) is 12.4 Å². The van der Waals surface area contributed by atoms with Gasteiger partial charge in [-0.25, -0.2) is 4.98 Å². The third kappa shape index (κ3) is 8.15. The third-order valence-electron chi connectivity index (χ3n) is 0.701. The average Bonchev–Trinajstić information content (AvgIpc) is 1.87. The summed E-state index contributed by atoms with van der Waals surface area (Å²) in [6, 6.07) is 3.17. The molecule has 0 amide bonds. The van der Waals surface area contributed by atoms with E-state index in [4.69, 9.17) is 20.4 Å². The Kier molecular flexibility index (Phi) is 4.14. The molecule has 0 atom stereocenters. The van der Waals surface area contributed by atoms with Crippen LogP contribution in [0.4, 0.5) is 0 Å². The van der Waals surface area contributed by atoms with Crippen molar-refractivity contribution in [3.63, 3.8) is 0 Å². The Morgan fingerprint density at radius 1 is 1.36 bits per heavy atom. The number of aromatic amines is 1. The van der Waals surface area contributed by atoms with Crippen molar-refractivity contribution in [2.45, 2.75) is 0 Å². The van der Waals surface area contributed by atoms with Crippen LogP contribution >= 0.6 is 0 Å². The summed E-state index contributed by atoms with van der Waals surface area (Å²) in [6.45, 7) is 0. The minimum absolute atomic E-state index is 0.291. The molecular weight excluding hydrogens is 152 g/mol. The first-order valence-electron chi connectivity index (χ1n) is 2.59. The number of H-pyrrole nitrogens is 1. The first-order valence-corrected chi connectivity index (χ1v) is 2.59. The highest BCUT2D eigenvalue weighted by molar-refractivity contribution is 5.11. The highest BCUT2D eigenvalue weighted by Gasteiger charge is 1.81. The van der Waals surface area contributed by atoms with Gasteiger partial charge in [-0.05, 0) is 0 Å². The minimum atomic E-state index is -1.75. The van der Waals surface area contributed by atoms with E-state index in [1.165, 1.54) is 0 Å². The zero-order valence-corrected chi connectivity index (χ0v) is 5.43. The van der Waals surface area contributed by atoms with Crippen molar-refractivity contribution in [3.8, 4) is 5.75 Å². The van der Waals surface area contributed by atoms with Crippen LogP contribution in [0.5, 0.6) is 5.75 Å². The van der Waals surface area contributed by atoms with E-state index in [0.717, 1.165) is 0 Å². The summed E-state index contributed by atoms with van der Waals surface area (Å²) < 4.78 is 0. The van der Waals surface area contributed by atoms with Crippen molar-refractivity contribution < 1.29 is 15.2 Å². The van der Waals surface area contributed by atoms with Gasteiger partial charge in [0.25, 0.3) is 0 Å². The van der Waals surface area contributed by atoms with Crippen molar-refractivity contribution >= 4 is 0 Å². The molecule has 60 valence electrons. The fourth-order valence-electron chi connectivity index (χ4n) is 0.378. The lowest BCUT2D eigenvalue weighted by Crippen LogP contribution is -1.94. The van der Waals surface area contributed by atoms with E-state index < -0.39 is 5.09 Å². The molecule has 0 saturated heterocycles. The lowest BCUT2D eigenvalue weighted by molar-refractivity contribution is -0.402. The predicted molar refractivity (Wildman–Crippen MR) is 35.0 cm³/mol. The van der Waals surface area contributed by atoms with Gasteiger partial charge in [-0.15, -0.1) is 0 Å². The molecule has 6 heteroatoms. The summed E-state index contributed by atoms with van der Waals surface area (Å²) in [5, 5.41) is 23.4. The Bertz CT molecular complexity index is 209. The van der Waals surface area contributed by atoms with Crippen LogP contribution in [0.2, 0.25) is 0 Å². The number of rotatable bonds is 0. The smallest absolute Gasteiger partial charge is 0.170 e. The molecule has 11 heavy (non-hydrogen) atoms. The molecule has 1 aromatic heterocycles. The molecule has 0 radical (unpaired) electrons. The monoisotopic (exact) mass is 158 g/mol. The Labute approximate surface area is 61.9 Å². The molecule has 1 aromatic rings. The van der Waals surface area contributed by atoms with Gasteiger partial charge in [-0.1, -0.05) is 0 Å². The van der Waals surface area contributed by atoms with Crippen molar-refractivity contribution in [2.24, 2.45) is 0 Å². The zero-order valence-electron chi connectivity index (χ0n) is 5.43. The second-order valence-electron chi connectivity index (χ2n) is 1.48. The maximum absolute atomic E-state index is 8.61. The molecule has 0 aromatic carbocycles. The number of aromatic nitrogens is 1. The quantitative estimate of drug-likeness (QED) is 0.423. The SMILES string of the molecule is O=[N+]([O-])[O-].Oc1cc[nH+]cc1. The standard InChI is InChI=1S/C5H5NO.NO3/c7-5-1-3-6-4-2-5;2-1(3)4/h1-4H,(H,6,7);/q;-1/p+1. The van der Waals surface area contributed by atoms with Gasteiger partial charge >= 0.3 is 0 Å². The second-order valence-corrected chi connectivity index (χ2v) is 1.48. The summed E-state index contributed by atoms with van der Waals surface area (Å²) >= 11 is 0. The van der Waals surface area contributed by atoms with Crippen molar-refractivity contribution in [2.75, 3.05) is 0 Å². The van der Waals surface area contributed by atoms with Gasteiger partial charge in [-0.3, -0.25) is 0 Å². The number of nitrogens with zero attached hydrogens (tertiary/aromatic N) is 1. The average molecular weight is 158 g/mol. The van der Waals surface area contributed by atoms with Gasteiger partial charge in [0.05, 0.1) is 5.09 Å². The molecule has 0 spiro atoms. The molecule has 0 aliphatic rings. The predicted octanol–water partition coefficient (Wildman–Crippen LogP) is -0.0328.